The van der Waals surface area contributed by atoms with Crippen LogP contribution < -0.4 is 0 Å². The first-order valence-corrected chi connectivity index (χ1v) is 7.18. The van der Waals surface area contributed by atoms with Crippen molar-refractivity contribution in [2.45, 2.75) is 26.6 Å². The van der Waals surface area contributed by atoms with Crippen molar-refractivity contribution in [3.8, 4) is 0 Å². The highest BCUT2D eigenvalue weighted by Gasteiger charge is 2.30. The Kier molecular flexibility index (Phi) is 6.84. The highest BCUT2D eigenvalue weighted by atomic mass is 16.7. The lowest BCUT2D eigenvalue weighted by Crippen LogP contribution is -2.54. The average Bonchev–Trinajstić information content (AvgIpc) is 2.47. The molecule has 0 aromatic carbocycles. The lowest BCUT2D eigenvalue weighted by Gasteiger charge is -2.36. The van der Waals surface area contributed by atoms with E-state index in [0.29, 0.717) is 32.6 Å². The van der Waals surface area contributed by atoms with Crippen molar-refractivity contribution in [2.75, 3.05) is 40.4 Å². The second-order valence-corrected chi connectivity index (χ2v) is 5.52. The van der Waals surface area contributed by atoms with Gasteiger partial charge in [-0.05, 0) is 13.3 Å². The molecule has 0 aliphatic carbocycles. The van der Waals surface area contributed by atoms with E-state index < -0.39 is 6.29 Å². The van der Waals surface area contributed by atoms with E-state index in [4.69, 9.17) is 9.47 Å². The Labute approximate surface area is 126 Å². The molecule has 0 aromatic heterocycles. The molecule has 1 heterocycles. The molecule has 1 aliphatic heterocycles. The molecular weight excluding hydrogens is 272 g/mol. The summed E-state index contributed by atoms with van der Waals surface area (Å²) in [6.07, 6.45) is -0.164. The number of piperazine rings is 1. The summed E-state index contributed by atoms with van der Waals surface area (Å²) < 4.78 is 9.93. The predicted octanol–water partition coefficient (Wildman–Crippen LogP) is 0.878. The number of carbonyl (C=O) groups excluding carboxylic acids is 2. The fourth-order valence-corrected chi connectivity index (χ4v) is 2.52. The van der Waals surface area contributed by atoms with Crippen molar-refractivity contribution < 1.29 is 19.1 Å². The zero-order chi connectivity index (χ0) is 16.0. The zero-order valence-corrected chi connectivity index (χ0v) is 13.4. The topological polar surface area (TPSA) is 59.1 Å². The van der Waals surface area contributed by atoms with Crippen LogP contribution >= 0.6 is 0 Å². The van der Waals surface area contributed by atoms with Crippen molar-refractivity contribution in [2.24, 2.45) is 5.92 Å². The third-order valence-corrected chi connectivity index (χ3v) is 3.61. The summed E-state index contributed by atoms with van der Waals surface area (Å²) >= 11 is 0. The first-order valence-electron chi connectivity index (χ1n) is 7.18. The largest absolute Gasteiger partial charge is 0.348 e. The van der Waals surface area contributed by atoms with Gasteiger partial charge in [0.2, 0.25) is 12.2 Å². The van der Waals surface area contributed by atoms with Crippen LogP contribution in [0.4, 0.5) is 0 Å². The summed E-state index contributed by atoms with van der Waals surface area (Å²) in [5, 5.41) is 0. The maximum atomic E-state index is 12.3. The highest BCUT2D eigenvalue weighted by Crippen LogP contribution is 2.15. The van der Waals surface area contributed by atoms with E-state index in [1.165, 1.54) is 14.2 Å². The van der Waals surface area contributed by atoms with Gasteiger partial charge in [0.25, 0.3) is 5.91 Å². The van der Waals surface area contributed by atoms with Gasteiger partial charge in [-0.25, -0.2) is 0 Å². The van der Waals surface area contributed by atoms with E-state index >= 15 is 0 Å². The molecule has 120 valence electrons. The van der Waals surface area contributed by atoms with E-state index in [-0.39, 0.29) is 17.7 Å². The fourth-order valence-electron chi connectivity index (χ4n) is 2.52. The van der Waals surface area contributed by atoms with E-state index in [0.717, 1.165) is 5.57 Å². The second kappa shape index (κ2) is 8.14. The number of ether oxygens (including phenoxy) is 2. The lowest BCUT2D eigenvalue weighted by molar-refractivity contribution is -0.172. The van der Waals surface area contributed by atoms with Crippen LogP contribution in [-0.2, 0) is 19.1 Å². The van der Waals surface area contributed by atoms with E-state index in [1.54, 1.807) is 4.90 Å². The van der Waals surface area contributed by atoms with Crippen LogP contribution in [0, 0.1) is 5.92 Å². The molecule has 21 heavy (non-hydrogen) atoms. The molecule has 1 saturated heterocycles. The minimum Gasteiger partial charge on any atom is -0.348 e. The van der Waals surface area contributed by atoms with Gasteiger partial charge >= 0.3 is 0 Å². The summed E-state index contributed by atoms with van der Waals surface area (Å²) in [4.78, 5) is 27.8. The maximum Gasteiger partial charge on any atom is 0.279 e. The van der Waals surface area contributed by atoms with Gasteiger partial charge in [-0.2, -0.15) is 0 Å². The fraction of sp³-hybridized carbons (Fsp3) is 0.733. The van der Waals surface area contributed by atoms with Crippen LogP contribution in [0.25, 0.3) is 0 Å². The molecule has 0 radical (unpaired) electrons. The van der Waals surface area contributed by atoms with Crippen LogP contribution in [-0.4, -0.2) is 68.3 Å². The molecule has 1 rings (SSSR count). The predicted molar refractivity (Wildman–Crippen MR) is 79.6 cm³/mol. The van der Waals surface area contributed by atoms with E-state index in [9.17, 15) is 9.59 Å². The van der Waals surface area contributed by atoms with Gasteiger partial charge in [-0.15, -0.1) is 6.58 Å². The number of hydrogen-bond donors (Lipinski definition) is 0. The Morgan fingerprint density at radius 3 is 1.86 bits per heavy atom. The number of carbonyl (C=O) groups is 2. The van der Waals surface area contributed by atoms with E-state index in [1.807, 2.05) is 18.7 Å². The number of allylic oxidation sites excluding steroid dienone is 1. The van der Waals surface area contributed by atoms with Crippen LogP contribution in [0.3, 0.4) is 0 Å². The number of methoxy groups -OCH3 is 2. The molecule has 6 heteroatoms. The van der Waals surface area contributed by atoms with Crippen LogP contribution in [0.2, 0.25) is 0 Å². The van der Waals surface area contributed by atoms with Gasteiger partial charge in [-0.3, -0.25) is 9.59 Å². The van der Waals surface area contributed by atoms with E-state index in [2.05, 4.69) is 6.58 Å². The molecule has 0 aromatic rings. The Morgan fingerprint density at radius 2 is 1.48 bits per heavy atom. The molecule has 2 amide bonds. The molecule has 1 unspecified atom stereocenters. The molecular formula is C15H26N2O4. The van der Waals surface area contributed by atoms with Crippen molar-refractivity contribution >= 4 is 11.8 Å². The van der Waals surface area contributed by atoms with Crippen molar-refractivity contribution in [3.05, 3.63) is 12.2 Å². The molecule has 0 saturated carbocycles. The normalized spacial score (nSPS) is 17.0. The van der Waals surface area contributed by atoms with Crippen molar-refractivity contribution in [1.82, 2.24) is 9.80 Å². The van der Waals surface area contributed by atoms with Gasteiger partial charge in [0.15, 0.2) is 0 Å². The van der Waals surface area contributed by atoms with Gasteiger partial charge in [0.1, 0.15) is 0 Å². The lowest BCUT2D eigenvalue weighted by atomic mass is 10.0. The monoisotopic (exact) mass is 298 g/mol. The summed E-state index contributed by atoms with van der Waals surface area (Å²) in [7, 11) is 2.87. The zero-order valence-electron chi connectivity index (χ0n) is 13.4. The Bertz CT molecular complexity index is 385. The standard InChI is InChI=1S/C15H26N2O4/c1-11(2)10-12(3)13(18)16-6-8-17(9-7-16)14(19)15(20-4)21-5/h12,15H,1,6-10H2,2-5H3. The average molecular weight is 298 g/mol. The second-order valence-electron chi connectivity index (χ2n) is 5.52. The van der Waals surface area contributed by atoms with Gasteiger partial charge in [0, 0.05) is 46.3 Å². The Morgan fingerprint density at radius 1 is 1.05 bits per heavy atom. The molecule has 6 nitrogen and oxygen atoms in total. The summed E-state index contributed by atoms with van der Waals surface area (Å²) in [5.41, 5.74) is 1.01. The quantitative estimate of drug-likeness (QED) is 0.539. The van der Waals surface area contributed by atoms with Gasteiger partial charge in [-0.1, -0.05) is 12.5 Å². The SMILES string of the molecule is C=C(C)CC(C)C(=O)N1CCN(C(=O)C(OC)OC)CC1. The molecule has 0 spiro atoms. The minimum absolute atomic E-state index is 0.0598. The van der Waals surface area contributed by atoms with Crippen LogP contribution in [0.15, 0.2) is 12.2 Å². The third-order valence-electron chi connectivity index (χ3n) is 3.61. The van der Waals surface area contributed by atoms with Crippen molar-refractivity contribution in [1.29, 1.82) is 0 Å². The minimum atomic E-state index is -0.866. The molecule has 0 N–H and O–H groups in total. The third kappa shape index (κ3) is 4.82. The smallest absolute Gasteiger partial charge is 0.279 e. The summed E-state index contributed by atoms with van der Waals surface area (Å²) in [6.45, 7) is 9.80. The maximum absolute atomic E-state index is 12.3. The van der Waals surface area contributed by atoms with Gasteiger partial charge < -0.3 is 19.3 Å². The summed E-state index contributed by atoms with van der Waals surface area (Å²) in [6, 6.07) is 0. The first-order chi connectivity index (χ1) is 9.90. The number of hydrogen-bond acceptors (Lipinski definition) is 4. The van der Waals surface area contributed by atoms with Crippen LogP contribution in [0.5, 0.6) is 0 Å². The molecule has 0 bridgehead atoms. The highest BCUT2D eigenvalue weighted by molar-refractivity contribution is 5.81. The first kappa shape index (κ1) is 17.7. The Balaban J connectivity index is 2.50. The number of nitrogens with zero attached hydrogens (tertiary/aromatic N) is 2. The van der Waals surface area contributed by atoms with Gasteiger partial charge in [0.05, 0.1) is 0 Å². The molecule has 1 aliphatic rings. The van der Waals surface area contributed by atoms with Crippen LogP contribution in [0.1, 0.15) is 20.3 Å². The molecule has 1 atom stereocenters. The Hall–Kier alpha value is -1.40. The van der Waals surface area contributed by atoms with Crippen molar-refractivity contribution in [3.63, 3.8) is 0 Å². The number of amides is 2. The summed E-state index contributed by atoms with van der Waals surface area (Å²) in [5.74, 6) is -0.127. The molecule has 1 fully saturated rings. The number of rotatable bonds is 6.